The first-order valence-electron chi connectivity index (χ1n) is 19.1. The van der Waals surface area contributed by atoms with Gasteiger partial charge in [-0.25, -0.2) is 14.4 Å². The second-order valence-corrected chi connectivity index (χ2v) is 13.9. The highest BCUT2D eigenvalue weighted by Gasteiger charge is 2.51. The van der Waals surface area contributed by atoms with E-state index >= 15 is 0 Å². The average Bonchev–Trinajstić information content (AvgIpc) is 3.81. The van der Waals surface area contributed by atoms with Crippen LogP contribution in [0.25, 0.3) is 21.5 Å². The zero-order valence-electron chi connectivity index (χ0n) is 31.8. The maximum atomic E-state index is 13.2. The first-order valence-corrected chi connectivity index (χ1v) is 19.1. The van der Waals surface area contributed by atoms with Crippen LogP contribution in [0.4, 0.5) is 0 Å². The van der Waals surface area contributed by atoms with E-state index in [1.165, 1.54) is 0 Å². The highest BCUT2D eigenvalue weighted by Crippen LogP contribution is 2.32. The van der Waals surface area contributed by atoms with Gasteiger partial charge < -0.3 is 37.9 Å². The lowest BCUT2D eigenvalue weighted by Crippen LogP contribution is -2.36. The number of carbonyl (C=O) groups excluding carboxylic acids is 5. The fraction of sp³-hybridized carbons (Fsp3) is 0.386. The average molecular weight is 783 g/mol. The number of fused-ring (bicyclic) bond motifs is 3. The van der Waals surface area contributed by atoms with Crippen LogP contribution in [0.3, 0.4) is 0 Å². The number of hydrogen-bond acceptors (Lipinski definition) is 13. The van der Waals surface area contributed by atoms with Gasteiger partial charge in [0.1, 0.15) is 23.7 Å². The van der Waals surface area contributed by atoms with Crippen molar-refractivity contribution in [1.29, 1.82) is 0 Å². The van der Waals surface area contributed by atoms with Crippen LogP contribution in [0, 0.1) is 0 Å². The number of methoxy groups -OCH3 is 1. The van der Waals surface area contributed by atoms with Crippen molar-refractivity contribution >= 4 is 51.4 Å². The monoisotopic (exact) mass is 782 g/mol. The van der Waals surface area contributed by atoms with Crippen molar-refractivity contribution in [2.75, 3.05) is 33.5 Å². The lowest BCUT2D eigenvalue weighted by Gasteiger charge is -2.17. The third kappa shape index (κ3) is 11.2. The molecule has 57 heavy (non-hydrogen) atoms. The lowest BCUT2D eigenvalue weighted by molar-refractivity contribution is -0.138. The topological polar surface area (TPSA) is 159 Å². The van der Waals surface area contributed by atoms with E-state index < -0.39 is 42.3 Å². The Bertz CT molecular complexity index is 2090. The van der Waals surface area contributed by atoms with E-state index in [0.29, 0.717) is 54.9 Å². The predicted octanol–water partition coefficient (Wildman–Crippen LogP) is 6.85. The van der Waals surface area contributed by atoms with Gasteiger partial charge in [0.05, 0.1) is 30.9 Å². The van der Waals surface area contributed by atoms with Crippen LogP contribution in [0.2, 0.25) is 0 Å². The van der Waals surface area contributed by atoms with Crippen molar-refractivity contribution in [1.82, 2.24) is 0 Å². The Morgan fingerprint density at radius 3 is 1.54 bits per heavy atom. The van der Waals surface area contributed by atoms with Crippen LogP contribution in [0.5, 0.6) is 11.5 Å². The van der Waals surface area contributed by atoms with Crippen molar-refractivity contribution in [3.63, 3.8) is 0 Å². The molecule has 0 amide bonds. The number of hydrogen-bond donors (Lipinski definition) is 0. The molecule has 6 rings (SSSR count). The van der Waals surface area contributed by atoms with Crippen LogP contribution >= 0.6 is 0 Å². The minimum Gasteiger partial charge on any atom is -0.463 e. The highest BCUT2D eigenvalue weighted by molar-refractivity contribution is 5.97. The molecule has 2 aliphatic heterocycles. The Morgan fingerprint density at radius 1 is 0.614 bits per heavy atom. The molecule has 2 aliphatic rings. The molecule has 2 heterocycles. The Kier molecular flexibility index (Phi) is 14.4. The summed E-state index contributed by atoms with van der Waals surface area (Å²) in [6.45, 7) is 4.45. The van der Waals surface area contributed by atoms with Crippen LogP contribution in [-0.2, 0) is 42.8 Å². The van der Waals surface area contributed by atoms with Gasteiger partial charge in [-0.15, -0.1) is 0 Å². The molecular weight excluding hydrogens is 736 g/mol. The summed E-state index contributed by atoms with van der Waals surface area (Å²) in [7, 11) is 1.65. The summed E-state index contributed by atoms with van der Waals surface area (Å²) in [4.78, 5) is 62.1. The lowest BCUT2D eigenvalue weighted by atomic mass is 10.1. The van der Waals surface area contributed by atoms with Crippen LogP contribution in [0.1, 0.15) is 72.1 Å². The third-order valence-corrected chi connectivity index (χ3v) is 9.70. The molecule has 0 aromatic heterocycles. The van der Waals surface area contributed by atoms with Crippen molar-refractivity contribution in [3.8, 4) is 11.5 Å². The summed E-state index contributed by atoms with van der Waals surface area (Å²) in [5.74, 6) is -1.42. The maximum absolute atomic E-state index is 13.2. The quantitative estimate of drug-likeness (QED) is 0.0320. The molecule has 0 spiro atoms. The van der Waals surface area contributed by atoms with Gasteiger partial charge in [-0.05, 0) is 102 Å². The Labute approximate surface area is 330 Å². The minimum absolute atomic E-state index is 0.0803. The summed E-state index contributed by atoms with van der Waals surface area (Å²) < 4.78 is 44.4. The van der Waals surface area contributed by atoms with E-state index in [0.717, 1.165) is 46.9 Å². The van der Waals surface area contributed by atoms with Gasteiger partial charge in [0.25, 0.3) is 0 Å². The fourth-order valence-corrected chi connectivity index (χ4v) is 6.71. The molecule has 2 fully saturated rings. The molecule has 4 aromatic carbocycles. The van der Waals surface area contributed by atoms with E-state index in [1.807, 2.05) is 0 Å². The summed E-state index contributed by atoms with van der Waals surface area (Å²) in [5.41, 5.74) is 0.664. The molecular formula is C44H46O13. The van der Waals surface area contributed by atoms with E-state index in [4.69, 9.17) is 37.9 Å². The van der Waals surface area contributed by atoms with Crippen molar-refractivity contribution in [2.24, 2.45) is 0 Å². The van der Waals surface area contributed by atoms with Crippen molar-refractivity contribution < 1.29 is 61.9 Å². The first-order chi connectivity index (χ1) is 27.7. The Balaban J connectivity index is 0.955. The molecule has 4 aromatic rings. The predicted molar refractivity (Wildman–Crippen MR) is 207 cm³/mol. The maximum Gasteiger partial charge on any atom is 0.338 e. The number of rotatable bonds is 19. The fourth-order valence-electron chi connectivity index (χ4n) is 6.71. The zero-order valence-corrected chi connectivity index (χ0v) is 31.8. The second-order valence-electron chi connectivity index (χ2n) is 13.9. The number of esters is 5. The number of benzene rings is 4. The zero-order chi connectivity index (χ0) is 40.1. The van der Waals surface area contributed by atoms with Gasteiger partial charge in [0.15, 0.2) is 12.2 Å². The van der Waals surface area contributed by atoms with Crippen LogP contribution < -0.4 is 9.47 Å². The van der Waals surface area contributed by atoms with E-state index in [2.05, 4.69) is 6.58 Å². The number of unbranched alkanes of at least 4 members (excludes halogenated alkanes) is 4. The molecule has 0 aliphatic carbocycles. The summed E-state index contributed by atoms with van der Waals surface area (Å²) in [6.07, 6.45) is 3.49. The summed E-state index contributed by atoms with van der Waals surface area (Å²) in [5, 5.41) is 3.09. The van der Waals surface area contributed by atoms with Gasteiger partial charge in [0.2, 0.25) is 0 Å². The molecule has 13 nitrogen and oxygen atoms in total. The Hall–Kier alpha value is -5.63. The van der Waals surface area contributed by atoms with Crippen molar-refractivity contribution in [3.05, 3.63) is 96.6 Å². The number of carbonyl (C=O) groups is 5. The molecule has 2 saturated heterocycles. The molecule has 0 bridgehead atoms. The van der Waals surface area contributed by atoms with Gasteiger partial charge in [-0.1, -0.05) is 37.3 Å². The first kappa shape index (κ1) is 41.0. The Morgan fingerprint density at radius 2 is 1.07 bits per heavy atom. The van der Waals surface area contributed by atoms with E-state index in [1.54, 1.807) is 79.9 Å². The molecule has 4 atom stereocenters. The molecule has 2 unspecified atom stereocenters. The van der Waals surface area contributed by atoms with Gasteiger partial charge in [0, 0.05) is 32.6 Å². The smallest absolute Gasteiger partial charge is 0.338 e. The second kappa shape index (κ2) is 20.0. The van der Waals surface area contributed by atoms with Gasteiger partial charge >= 0.3 is 29.8 Å². The third-order valence-electron chi connectivity index (χ3n) is 9.70. The van der Waals surface area contributed by atoms with Crippen LogP contribution in [0.15, 0.2) is 85.5 Å². The summed E-state index contributed by atoms with van der Waals surface area (Å²) >= 11 is 0. The minimum atomic E-state index is -0.703. The van der Waals surface area contributed by atoms with Crippen molar-refractivity contribution in [2.45, 2.75) is 75.8 Å². The van der Waals surface area contributed by atoms with E-state index in [-0.39, 0.29) is 38.2 Å². The largest absolute Gasteiger partial charge is 0.463 e. The standard InChI is InChI=1S/C44H46O13/c1-3-38(45)51-21-9-5-7-11-40(47)55-35-19-17-29-23-33(15-13-31(29)25-35)44(49)57-37-27-53-41-36(26-52-42(37)41)56-43(48)32-14-12-30-24-34(18-16-28(30)22-32)54-39(46)10-6-4-8-20-50-2/h3,12-19,22-25,36-37,41-42H,1,4-11,20-21,26-27H2,2H3/t36-,37-,41?,42?/m1/s1. The van der Waals surface area contributed by atoms with Crippen LogP contribution in [-0.4, -0.2) is 87.8 Å². The molecule has 300 valence electrons. The van der Waals surface area contributed by atoms with Gasteiger partial charge in [-0.2, -0.15) is 0 Å². The number of ether oxygens (including phenoxy) is 8. The molecule has 0 radical (unpaired) electrons. The molecule has 13 heteroatoms. The van der Waals surface area contributed by atoms with Gasteiger partial charge in [-0.3, -0.25) is 9.59 Å². The summed E-state index contributed by atoms with van der Waals surface area (Å²) in [6, 6.07) is 20.6. The molecule has 0 saturated carbocycles. The SMILES string of the molecule is C=CC(=O)OCCCCCC(=O)Oc1ccc2cc(C(=O)O[C@@H]3COC4C3OC[C@H]4OC(=O)c3ccc4cc(OC(=O)CCCCCOC)ccc4c3)ccc2c1. The van der Waals surface area contributed by atoms with E-state index in [9.17, 15) is 24.0 Å². The highest BCUT2D eigenvalue weighted by atomic mass is 16.7. The molecule has 0 N–H and O–H groups in total. The normalized spacial score (nSPS) is 18.5.